The molecule has 0 spiro atoms. The molecule has 1 aromatic rings. The molecule has 0 aliphatic carbocycles. The normalized spacial score (nSPS) is 16.8. The summed E-state index contributed by atoms with van der Waals surface area (Å²) in [5.74, 6) is -17.5. The van der Waals surface area contributed by atoms with Crippen LogP contribution >= 0.6 is 21.4 Å². The van der Waals surface area contributed by atoms with Crippen LogP contribution in [0.1, 0.15) is 26.2 Å². The Hall–Kier alpha value is -0.770. The Labute approximate surface area is 131 Å². The average molecular weight is 395 g/mol. The fraction of sp³-hybridized carbons (Fsp3) is 0.500. The summed E-state index contributed by atoms with van der Waals surface area (Å²) < 4.78 is 122. The summed E-state index contributed by atoms with van der Waals surface area (Å²) in [5, 5.41) is -1.91. The Morgan fingerprint density at radius 2 is 1.22 bits per heavy atom. The number of rotatable bonds is 6. The van der Waals surface area contributed by atoms with E-state index >= 15 is 0 Å². The molecule has 0 N–H and O–H groups in total. The molecule has 1 aromatic carbocycles. The molecule has 0 aromatic heterocycles. The molecule has 0 heterocycles. The highest BCUT2D eigenvalue weighted by atomic mass is 35.5. The molecule has 0 amide bonds. The van der Waals surface area contributed by atoms with Gasteiger partial charge in [-0.1, -0.05) is 19.8 Å². The van der Waals surface area contributed by atoms with Gasteiger partial charge in [0.05, 0.1) is 5.75 Å². The van der Waals surface area contributed by atoms with Gasteiger partial charge in [0.2, 0.25) is 5.82 Å². The molecule has 1 rings (SSSR count). The number of unbranched alkanes of at least 4 members (excludes halogenated alkanes) is 1. The standard InChI is InChI=1S/C12H12ClF9S/c1-2-3-4-6(13)5-23(19,20,21,22)12-10(17)8(15)7(14)9(16)11(12)18/h6H,2-5H2,1H3. The first-order chi connectivity index (χ1) is 10.1. The molecule has 0 saturated heterocycles. The van der Waals surface area contributed by atoms with Crippen molar-refractivity contribution >= 4 is 21.4 Å². The van der Waals surface area contributed by atoms with E-state index in [1.165, 1.54) is 0 Å². The highest BCUT2D eigenvalue weighted by Gasteiger charge is 2.69. The van der Waals surface area contributed by atoms with E-state index in [1.54, 1.807) is 6.92 Å². The molecule has 1 atom stereocenters. The van der Waals surface area contributed by atoms with Gasteiger partial charge in [-0.15, -0.1) is 27.1 Å². The minimum absolute atomic E-state index is 0.166. The predicted octanol–water partition coefficient (Wildman–Crippen LogP) is 6.95. The molecule has 11 heteroatoms. The monoisotopic (exact) mass is 394 g/mol. The third-order valence-electron chi connectivity index (χ3n) is 3.01. The molecule has 0 saturated carbocycles. The van der Waals surface area contributed by atoms with Crippen LogP contribution in [0.4, 0.5) is 37.5 Å². The van der Waals surface area contributed by atoms with Crippen molar-refractivity contribution in [3.63, 3.8) is 0 Å². The third kappa shape index (κ3) is 4.01. The highest BCUT2D eigenvalue weighted by molar-refractivity contribution is 8.49. The molecule has 0 fully saturated rings. The first kappa shape index (κ1) is 20.3. The Balaban J connectivity index is 3.57. The summed E-state index contributed by atoms with van der Waals surface area (Å²) in [6, 6.07) is 0. The van der Waals surface area contributed by atoms with Gasteiger partial charge in [-0.2, -0.15) is 0 Å². The lowest BCUT2D eigenvalue weighted by Crippen LogP contribution is -2.28. The fourth-order valence-corrected chi connectivity index (χ4v) is 4.89. The summed E-state index contributed by atoms with van der Waals surface area (Å²) in [6.07, 6.45) is 0.244. The summed E-state index contributed by atoms with van der Waals surface area (Å²) in [7, 11) is -9.84. The maximum atomic E-state index is 14.0. The van der Waals surface area contributed by atoms with E-state index in [4.69, 9.17) is 11.6 Å². The van der Waals surface area contributed by atoms with Crippen LogP contribution in [-0.2, 0) is 0 Å². The zero-order chi connectivity index (χ0) is 18.3. The zero-order valence-corrected chi connectivity index (χ0v) is 13.2. The number of hydrogen-bond donors (Lipinski definition) is 0. The quantitative estimate of drug-likeness (QED) is 0.212. The van der Waals surface area contributed by atoms with Gasteiger partial charge in [0, 0.05) is 5.38 Å². The van der Waals surface area contributed by atoms with Crippen LogP contribution in [0.15, 0.2) is 4.90 Å². The second kappa shape index (κ2) is 5.65. The fourth-order valence-electron chi connectivity index (χ4n) is 1.94. The third-order valence-corrected chi connectivity index (χ3v) is 5.90. The van der Waals surface area contributed by atoms with Gasteiger partial charge in [0.1, 0.15) is 0 Å². The molecular formula is C12H12ClF9S. The molecule has 0 bridgehead atoms. The summed E-state index contributed by atoms with van der Waals surface area (Å²) >= 11 is 5.35. The van der Waals surface area contributed by atoms with Crippen LogP contribution in [-0.4, -0.2) is 11.1 Å². The topological polar surface area (TPSA) is 0 Å². The zero-order valence-electron chi connectivity index (χ0n) is 11.6. The SMILES string of the molecule is CCCCC(Cl)CS(F)(F)(F)(F)c1c(F)c(F)c(F)c(F)c1F. The first-order valence-electron chi connectivity index (χ1n) is 6.30. The van der Waals surface area contributed by atoms with Crippen molar-refractivity contribution in [1.82, 2.24) is 0 Å². The van der Waals surface area contributed by atoms with Crippen molar-refractivity contribution in [1.29, 1.82) is 0 Å². The van der Waals surface area contributed by atoms with Crippen LogP contribution in [0.2, 0.25) is 0 Å². The highest BCUT2D eigenvalue weighted by Crippen LogP contribution is 3.01. The Kier molecular flexibility index (Phi) is 4.98. The van der Waals surface area contributed by atoms with E-state index in [1.807, 2.05) is 0 Å². The molecule has 23 heavy (non-hydrogen) atoms. The van der Waals surface area contributed by atoms with Crippen molar-refractivity contribution in [3.05, 3.63) is 29.1 Å². The maximum Gasteiger partial charge on any atom is 0.200 e. The average Bonchev–Trinajstić information content (AvgIpc) is 2.38. The van der Waals surface area contributed by atoms with Crippen molar-refractivity contribution in [2.75, 3.05) is 5.75 Å². The summed E-state index contributed by atoms with van der Waals surface area (Å²) in [5.41, 5.74) is 0. The second-order valence-electron chi connectivity index (χ2n) is 5.04. The van der Waals surface area contributed by atoms with Crippen molar-refractivity contribution in [3.8, 4) is 0 Å². The largest absolute Gasteiger partial charge is 0.202 e. The number of alkyl halides is 1. The van der Waals surface area contributed by atoms with E-state index in [9.17, 15) is 37.5 Å². The first-order valence-corrected chi connectivity index (χ1v) is 8.95. The van der Waals surface area contributed by atoms with Gasteiger partial charge >= 0.3 is 0 Å². The Morgan fingerprint density at radius 3 is 1.61 bits per heavy atom. The van der Waals surface area contributed by atoms with Crippen LogP contribution in [0.5, 0.6) is 0 Å². The lowest BCUT2D eigenvalue weighted by atomic mass is 10.2. The molecule has 0 radical (unpaired) electrons. The number of benzene rings is 1. The molecule has 136 valence electrons. The number of hydrogen-bond acceptors (Lipinski definition) is 0. The Bertz CT molecular complexity index is 595. The lowest BCUT2D eigenvalue weighted by Gasteiger charge is -2.50. The molecular weight excluding hydrogens is 383 g/mol. The Morgan fingerprint density at radius 1 is 0.826 bits per heavy atom. The molecule has 0 nitrogen and oxygen atoms in total. The van der Waals surface area contributed by atoms with E-state index < -0.39 is 54.9 Å². The van der Waals surface area contributed by atoms with Gasteiger partial charge < -0.3 is 0 Å². The molecule has 1 unspecified atom stereocenters. The van der Waals surface area contributed by atoms with Crippen LogP contribution in [0.25, 0.3) is 0 Å². The van der Waals surface area contributed by atoms with Gasteiger partial charge in [0.15, 0.2) is 38.0 Å². The van der Waals surface area contributed by atoms with Crippen molar-refractivity contribution < 1.29 is 37.5 Å². The van der Waals surface area contributed by atoms with Crippen molar-refractivity contribution in [2.45, 2.75) is 36.5 Å². The van der Waals surface area contributed by atoms with E-state index in [2.05, 4.69) is 0 Å². The van der Waals surface area contributed by atoms with Crippen LogP contribution in [0, 0.1) is 29.1 Å². The van der Waals surface area contributed by atoms with Gasteiger partial charge in [0.25, 0.3) is 0 Å². The predicted molar refractivity (Wildman–Crippen MR) is 70.6 cm³/mol. The van der Waals surface area contributed by atoms with Gasteiger partial charge in [-0.25, -0.2) is 22.0 Å². The lowest BCUT2D eigenvalue weighted by molar-refractivity contribution is 0.338. The van der Waals surface area contributed by atoms with E-state index in [0.29, 0.717) is 6.42 Å². The second-order valence-corrected chi connectivity index (χ2v) is 8.88. The van der Waals surface area contributed by atoms with Crippen molar-refractivity contribution in [2.24, 2.45) is 0 Å². The molecule has 0 aliphatic heterocycles. The smallest absolute Gasteiger partial charge is 0.200 e. The minimum atomic E-state index is -9.84. The summed E-state index contributed by atoms with van der Waals surface area (Å²) in [4.78, 5) is -3.39. The number of halogens is 10. The summed E-state index contributed by atoms with van der Waals surface area (Å²) in [6.45, 7) is 1.61. The van der Waals surface area contributed by atoms with Crippen LogP contribution < -0.4 is 0 Å². The van der Waals surface area contributed by atoms with E-state index in [0.717, 1.165) is 0 Å². The minimum Gasteiger partial charge on any atom is -0.202 e. The van der Waals surface area contributed by atoms with Gasteiger partial charge in [-0.3, -0.25) is 0 Å². The molecule has 0 aliphatic rings. The maximum absolute atomic E-state index is 14.0. The van der Waals surface area contributed by atoms with E-state index in [-0.39, 0.29) is 12.8 Å². The van der Waals surface area contributed by atoms with Crippen LogP contribution in [0.3, 0.4) is 0 Å². The van der Waals surface area contributed by atoms with Gasteiger partial charge in [-0.05, 0) is 6.42 Å².